The van der Waals surface area contributed by atoms with Crippen LogP contribution in [0.4, 0.5) is 0 Å². The number of rotatable bonds is 24. The molecular formula is C48H48O12. The van der Waals surface area contributed by atoms with Gasteiger partial charge in [0.05, 0.1) is 39.6 Å². The fourth-order valence-electron chi connectivity index (χ4n) is 6.47. The predicted molar refractivity (Wildman–Crippen MR) is 228 cm³/mol. The first-order valence-electron chi connectivity index (χ1n) is 20.5. The minimum absolute atomic E-state index is 0.387. The van der Waals surface area contributed by atoms with Gasteiger partial charge < -0.3 is 41.7 Å². The quantitative estimate of drug-likeness (QED) is 0.0423. The highest BCUT2D eigenvalue weighted by Gasteiger charge is 2.08. The first-order chi connectivity index (χ1) is 29.4. The SMILES string of the molecule is O=c1ccc2ccc(OCCCCCOc3cc(OCCCCCOc4ccc5ccc(=O)oc5c4)cc(OCCCCCOc4ccc5ccc(=O)oc5c4)c3)cc2o1. The van der Waals surface area contributed by atoms with Crippen molar-refractivity contribution in [2.45, 2.75) is 57.8 Å². The molecule has 0 aliphatic heterocycles. The van der Waals surface area contributed by atoms with Crippen LogP contribution in [0.25, 0.3) is 32.9 Å². The van der Waals surface area contributed by atoms with E-state index < -0.39 is 0 Å². The van der Waals surface area contributed by atoms with Crippen LogP contribution in [0.15, 0.2) is 137 Å². The van der Waals surface area contributed by atoms with Gasteiger partial charge in [-0.3, -0.25) is 0 Å². The number of benzene rings is 4. The third-order valence-electron chi connectivity index (χ3n) is 9.62. The van der Waals surface area contributed by atoms with Gasteiger partial charge in [-0.2, -0.15) is 0 Å². The third-order valence-corrected chi connectivity index (χ3v) is 9.62. The Bertz CT molecular complexity index is 2340. The van der Waals surface area contributed by atoms with E-state index in [1.807, 2.05) is 54.6 Å². The van der Waals surface area contributed by atoms with Gasteiger partial charge in [0.1, 0.15) is 51.2 Å². The maximum absolute atomic E-state index is 11.6. The molecule has 0 fully saturated rings. The smallest absolute Gasteiger partial charge is 0.336 e. The normalized spacial score (nSPS) is 11.2. The van der Waals surface area contributed by atoms with E-state index in [1.54, 1.807) is 36.4 Å². The molecule has 12 heteroatoms. The molecule has 0 radical (unpaired) electrons. The zero-order valence-electron chi connectivity index (χ0n) is 33.4. The van der Waals surface area contributed by atoms with E-state index in [1.165, 1.54) is 18.2 Å². The molecule has 0 aliphatic rings. The van der Waals surface area contributed by atoms with Crippen molar-refractivity contribution in [1.82, 2.24) is 0 Å². The maximum Gasteiger partial charge on any atom is 0.336 e. The van der Waals surface area contributed by atoms with Crippen LogP contribution < -0.4 is 45.3 Å². The number of hydrogen-bond acceptors (Lipinski definition) is 12. The van der Waals surface area contributed by atoms with Crippen molar-refractivity contribution in [1.29, 1.82) is 0 Å². The van der Waals surface area contributed by atoms with Crippen molar-refractivity contribution >= 4 is 32.9 Å². The molecular weight excluding hydrogens is 769 g/mol. The zero-order valence-corrected chi connectivity index (χ0v) is 33.4. The number of fused-ring (bicyclic) bond motifs is 3. The van der Waals surface area contributed by atoms with Crippen molar-refractivity contribution in [3.8, 4) is 34.5 Å². The van der Waals surface area contributed by atoms with Crippen LogP contribution in [0.2, 0.25) is 0 Å². The third kappa shape index (κ3) is 12.7. The largest absolute Gasteiger partial charge is 0.493 e. The van der Waals surface area contributed by atoms with Gasteiger partial charge >= 0.3 is 16.9 Å². The molecule has 0 spiro atoms. The Kier molecular flexibility index (Phi) is 14.8. The second-order valence-corrected chi connectivity index (χ2v) is 14.3. The molecule has 7 rings (SSSR count). The highest BCUT2D eigenvalue weighted by Crippen LogP contribution is 2.29. The molecule has 60 heavy (non-hydrogen) atoms. The lowest BCUT2D eigenvalue weighted by Crippen LogP contribution is -2.04. The minimum atomic E-state index is -0.387. The second-order valence-electron chi connectivity index (χ2n) is 14.3. The zero-order chi connectivity index (χ0) is 41.4. The van der Waals surface area contributed by atoms with E-state index in [2.05, 4.69) is 0 Å². The monoisotopic (exact) mass is 816 g/mol. The summed E-state index contributed by atoms with van der Waals surface area (Å²) in [5, 5.41) is 2.54. The summed E-state index contributed by atoms with van der Waals surface area (Å²) in [6.07, 6.45) is 7.75. The number of hydrogen-bond donors (Lipinski definition) is 0. The van der Waals surface area contributed by atoms with Gasteiger partial charge in [0.25, 0.3) is 0 Å². The van der Waals surface area contributed by atoms with Gasteiger partial charge in [0, 0.05) is 70.8 Å². The summed E-state index contributed by atoms with van der Waals surface area (Å²) < 4.78 is 51.9. The summed E-state index contributed by atoms with van der Waals surface area (Å²) in [5.41, 5.74) is 0.355. The van der Waals surface area contributed by atoms with Gasteiger partial charge in [-0.25, -0.2) is 14.4 Å². The molecule has 0 aliphatic carbocycles. The highest BCUT2D eigenvalue weighted by molar-refractivity contribution is 5.79. The van der Waals surface area contributed by atoms with Crippen LogP contribution in [-0.4, -0.2) is 39.6 Å². The van der Waals surface area contributed by atoms with Crippen molar-refractivity contribution in [2.75, 3.05) is 39.6 Å². The summed E-state index contributed by atoms with van der Waals surface area (Å²) in [6.45, 7) is 3.18. The first-order valence-corrected chi connectivity index (χ1v) is 20.5. The Hall–Kier alpha value is -6.69. The van der Waals surface area contributed by atoms with Crippen molar-refractivity contribution < 1.29 is 41.7 Å². The summed E-state index contributed by atoms with van der Waals surface area (Å²) in [4.78, 5) is 34.7. The van der Waals surface area contributed by atoms with Crippen LogP contribution in [0.1, 0.15) is 57.8 Å². The molecule has 3 aromatic heterocycles. The van der Waals surface area contributed by atoms with Crippen molar-refractivity contribution in [3.63, 3.8) is 0 Å². The molecule has 0 unspecified atom stereocenters. The first kappa shape index (κ1) is 41.5. The molecule has 0 saturated heterocycles. The second kappa shape index (κ2) is 21.4. The Labute approximate surface area is 346 Å². The molecule has 0 N–H and O–H groups in total. The van der Waals surface area contributed by atoms with Crippen LogP contribution in [0.3, 0.4) is 0 Å². The molecule has 3 heterocycles. The minimum Gasteiger partial charge on any atom is -0.493 e. The molecule has 12 nitrogen and oxygen atoms in total. The number of unbranched alkanes of at least 4 members (excludes halogenated alkanes) is 6. The maximum atomic E-state index is 11.6. The average Bonchev–Trinajstić information content (AvgIpc) is 3.25. The topological polar surface area (TPSA) is 146 Å². The fourth-order valence-corrected chi connectivity index (χ4v) is 6.47. The molecule has 7 aromatic rings. The van der Waals surface area contributed by atoms with Crippen molar-refractivity contribution in [3.05, 3.63) is 140 Å². The Morgan fingerprint density at radius 3 is 0.817 bits per heavy atom. The molecule has 0 saturated carbocycles. The Balaban J connectivity index is 0.831. The van der Waals surface area contributed by atoms with Crippen LogP contribution in [0, 0.1) is 0 Å². The predicted octanol–water partition coefficient (Wildman–Crippen LogP) is 9.89. The molecule has 0 bridgehead atoms. The average molecular weight is 817 g/mol. The highest BCUT2D eigenvalue weighted by atomic mass is 16.5. The Morgan fingerprint density at radius 1 is 0.283 bits per heavy atom. The van der Waals surface area contributed by atoms with E-state index in [-0.39, 0.29) is 16.9 Å². The van der Waals surface area contributed by atoms with E-state index in [9.17, 15) is 14.4 Å². The van der Waals surface area contributed by atoms with E-state index in [4.69, 9.17) is 41.7 Å². The van der Waals surface area contributed by atoms with Gasteiger partial charge in [0.2, 0.25) is 0 Å². The molecule has 312 valence electrons. The van der Waals surface area contributed by atoms with Crippen LogP contribution >= 0.6 is 0 Å². The summed E-state index contributed by atoms with van der Waals surface area (Å²) in [7, 11) is 0. The van der Waals surface area contributed by atoms with E-state index >= 15 is 0 Å². The van der Waals surface area contributed by atoms with Crippen molar-refractivity contribution in [2.24, 2.45) is 0 Å². The summed E-state index contributed by atoms with van der Waals surface area (Å²) >= 11 is 0. The lowest BCUT2D eigenvalue weighted by Gasteiger charge is -2.14. The molecule has 0 atom stereocenters. The van der Waals surface area contributed by atoms with E-state index in [0.717, 1.165) is 73.9 Å². The summed E-state index contributed by atoms with van der Waals surface area (Å²) in [6, 6.07) is 31.6. The van der Waals surface area contributed by atoms with Crippen LogP contribution in [-0.2, 0) is 0 Å². The Morgan fingerprint density at radius 2 is 0.533 bits per heavy atom. The fraction of sp³-hybridized carbons (Fsp3) is 0.312. The van der Waals surface area contributed by atoms with E-state index in [0.29, 0.717) is 90.9 Å². The van der Waals surface area contributed by atoms with Gasteiger partial charge in [-0.05, 0) is 112 Å². The number of ether oxygens (including phenoxy) is 6. The lowest BCUT2D eigenvalue weighted by atomic mass is 10.2. The standard InChI is InChI=1S/C48H48O12/c49-46-19-13-34-10-16-37(31-43(34)58-46)52-22-4-1-7-25-55-40-28-41(56-26-8-2-5-23-53-38-17-11-35-14-20-47(50)59-44(35)32-38)30-42(29-40)57-27-9-3-6-24-54-39-18-12-36-15-21-48(51)60-45(36)33-39/h10-21,28-33H,1-9,22-27H2. The lowest BCUT2D eigenvalue weighted by molar-refractivity contribution is 0.263. The van der Waals surface area contributed by atoms with Gasteiger partial charge in [-0.15, -0.1) is 0 Å². The summed E-state index contributed by atoms with van der Waals surface area (Å²) in [5.74, 6) is 4.02. The van der Waals surface area contributed by atoms with Crippen LogP contribution in [0.5, 0.6) is 34.5 Å². The van der Waals surface area contributed by atoms with Gasteiger partial charge in [-0.1, -0.05) is 0 Å². The molecule has 4 aromatic carbocycles. The molecule has 0 amide bonds. The van der Waals surface area contributed by atoms with Gasteiger partial charge in [0.15, 0.2) is 0 Å².